The van der Waals surface area contributed by atoms with E-state index >= 15 is 0 Å². The minimum absolute atomic E-state index is 0. The Balaban J connectivity index is 0.00000304. The van der Waals surface area contributed by atoms with Gasteiger partial charge in [0.1, 0.15) is 22.6 Å². The first-order valence-electron chi connectivity index (χ1n) is 10.7. The summed E-state index contributed by atoms with van der Waals surface area (Å²) in [6.07, 6.45) is -2.93. The van der Waals surface area contributed by atoms with Crippen molar-refractivity contribution in [1.29, 1.82) is 0 Å². The fourth-order valence-electron chi connectivity index (χ4n) is 3.81. The summed E-state index contributed by atoms with van der Waals surface area (Å²) < 4.78 is 48.4. The fraction of sp³-hybridized carbons (Fsp3) is 0.160. The van der Waals surface area contributed by atoms with Gasteiger partial charge in [0, 0.05) is 18.3 Å². The Kier molecular flexibility index (Phi) is 6.64. The number of oxazole rings is 1. The number of amides is 1. The number of ether oxygens (including phenoxy) is 1. The number of nitrogens with one attached hydrogen (secondary N) is 1. The Morgan fingerprint density at radius 1 is 1.06 bits per heavy atom. The van der Waals surface area contributed by atoms with Gasteiger partial charge in [-0.05, 0) is 73.5 Å². The van der Waals surface area contributed by atoms with Crippen LogP contribution in [0.15, 0.2) is 65.2 Å². The maximum atomic E-state index is 12.9. The summed E-state index contributed by atoms with van der Waals surface area (Å²) in [6, 6.07) is 14.4. The second kappa shape index (κ2) is 9.54. The zero-order valence-electron chi connectivity index (χ0n) is 19.1. The van der Waals surface area contributed by atoms with Gasteiger partial charge in [-0.2, -0.15) is 0 Å². The Hall–Kier alpha value is -4.05. The van der Waals surface area contributed by atoms with Crippen molar-refractivity contribution < 1.29 is 27.1 Å². The molecule has 0 bridgehead atoms. The van der Waals surface area contributed by atoms with Crippen molar-refractivity contribution in [2.24, 2.45) is 0 Å². The molecule has 1 N–H and O–H groups in total. The molecule has 0 aliphatic heterocycles. The van der Waals surface area contributed by atoms with Crippen molar-refractivity contribution in [2.75, 3.05) is 0 Å². The number of carbonyl (C=O) groups is 1. The summed E-state index contributed by atoms with van der Waals surface area (Å²) in [5, 5.41) is 2.91. The molecule has 3 heterocycles. The molecule has 0 aliphatic rings. The molecule has 186 valence electrons. The zero-order chi connectivity index (χ0) is 24.7. The van der Waals surface area contributed by atoms with E-state index in [0.29, 0.717) is 33.7 Å². The molecule has 0 saturated heterocycles. The summed E-state index contributed by atoms with van der Waals surface area (Å²) in [5.74, 6) is -0.316. The van der Waals surface area contributed by atoms with E-state index in [1.165, 1.54) is 24.3 Å². The summed E-state index contributed by atoms with van der Waals surface area (Å²) >= 11 is 0. The minimum atomic E-state index is -4.76. The summed E-state index contributed by atoms with van der Waals surface area (Å²) in [4.78, 5) is 21.8. The number of benzene rings is 2. The Morgan fingerprint density at radius 2 is 1.81 bits per heavy atom. The van der Waals surface area contributed by atoms with Crippen molar-refractivity contribution in [1.82, 2.24) is 19.7 Å². The van der Waals surface area contributed by atoms with Crippen LogP contribution in [0.4, 0.5) is 13.2 Å². The van der Waals surface area contributed by atoms with E-state index in [9.17, 15) is 18.0 Å². The molecule has 0 aliphatic carbocycles. The maximum absolute atomic E-state index is 12.9. The van der Waals surface area contributed by atoms with Crippen LogP contribution >= 0.6 is 12.4 Å². The Labute approximate surface area is 209 Å². The number of nitrogens with zero attached hydrogens (tertiary/aromatic N) is 3. The number of hydrogen-bond donors (Lipinski definition) is 1. The molecule has 11 heteroatoms. The van der Waals surface area contributed by atoms with Gasteiger partial charge in [0.15, 0.2) is 5.58 Å². The average molecular weight is 517 g/mol. The molecule has 0 spiro atoms. The van der Waals surface area contributed by atoms with Crippen LogP contribution in [0.3, 0.4) is 0 Å². The highest BCUT2D eigenvalue weighted by molar-refractivity contribution is 5.94. The van der Waals surface area contributed by atoms with E-state index in [-0.39, 0.29) is 36.5 Å². The second-order valence-electron chi connectivity index (χ2n) is 8.05. The quantitative estimate of drug-likeness (QED) is 0.309. The van der Waals surface area contributed by atoms with Gasteiger partial charge in [0.25, 0.3) is 5.91 Å². The smallest absolute Gasteiger partial charge is 0.436 e. The lowest BCUT2D eigenvalue weighted by Crippen LogP contribution is -2.25. The third-order valence-corrected chi connectivity index (χ3v) is 5.41. The van der Waals surface area contributed by atoms with Crippen molar-refractivity contribution >= 4 is 35.1 Å². The highest BCUT2D eigenvalue weighted by Crippen LogP contribution is 2.28. The van der Waals surface area contributed by atoms with E-state index in [4.69, 9.17) is 4.42 Å². The van der Waals surface area contributed by atoms with Crippen LogP contribution in [0.25, 0.3) is 28.2 Å². The molecule has 0 atom stereocenters. The molecule has 36 heavy (non-hydrogen) atoms. The number of rotatable bonds is 5. The molecule has 5 rings (SSSR count). The predicted molar refractivity (Wildman–Crippen MR) is 129 cm³/mol. The first-order valence-corrected chi connectivity index (χ1v) is 10.7. The minimum Gasteiger partial charge on any atom is -0.436 e. The molecular formula is C25H20ClF3N4O3. The van der Waals surface area contributed by atoms with Gasteiger partial charge in [0.2, 0.25) is 5.89 Å². The molecule has 7 nitrogen and oxygen atoms in total. The number of hydrogen-bond acceptors (Lipinski definition) is 5. The Morgan fingerprint density at radius 3 is 2.53 bits per heavy atom. The summed E-state index contributed by atoms with van der Waals surface area (Å²) in [6.45, 7) is 4.02. The van der Waals surface area contributed by atoms with Gasteiger partial charge >= 0.3 is 6.36 Å². The van der Waals surface area contributed by atoms with E-state index in [1.54, 1.807) is 23.5 Å². The number of aryl methyl sites for hydroxylation is 2. The molecule has 2 aromatic carbocycles. The zero-order valence-corrected chi connectivity index (χ0v) is 19.9. The third-order valence-electron chi connectivity index (χ3n) is 5.41. The van der Waals surface area contributed by atoms with Crippen LogP contribution in [0, 0.1) is 13.8 Å². The van der Waals surface area contributed by atoms with Crippen LogP contribution in [0.1, 0.15) is 27.3 Å². The Bertz CT molecular complexity index is 1560. The number of halogens is 4. The van der Waals surface area contributed by atoms with Crippen LogP contribution in [0.2, 0.25) is 0 Å². The normalized spacial score (nSPS) is 11.5. The summed E-state index contributed by atoms with van der Waals surface area (Å²) in [7, 11) is 0. The standard InChI is InChI=1S/C25H19F3N4O3.ClH/c1-14-9-10-32-21(11-14)30-15(2)22(32)23(33)29-13-16-3-8-20-19(12-16)31-24(34-20)17-4-6-18(7-5-17)35-25(26,27)28;/h3-12H,13H2,1-2H3,(H,29,33);1H. The van der Waals surface area contributed by atoms with Crippen molar-refractivity contribution in [3.8, 4) is 17.2 Å². The highest BCUT2D eigenvalue weighted by Gasteiger charge is 2.31. The molecule has 1 amide bonds. The number of imidazole rings is 1. The maximum Gasteiger partial charge on any atom is 0.573 e. The van der Waals surface area contributed by atoms with Crippen LogP contribution in [-0.2, 0) is 6.54 Å². The molecule has 5 aromatic rings. The van der Waals surface area contributed by atoms with Crippen molar-refractivity contribution in [3.05, 3.63) is 83.3 Å². The molecule has 0 saturated carbocycles. The van der Waals surface area contributed by atoms with E-state index < -0.39 is 6.36 Å². The fourth-order valence-corrected chi connectivity index (χ4v) is 3.81. The lowest BCUT2D eigenvalue weighted by Gasteiger charge is -2.08. The lowest BCUT2D eigenvalue weighted by atomic mass is 10.2. The second-order valence-corrected chi connectivity index (χ2v) is 8.05. The summed E-state index contributed by atoms with van der Waals surface area (Å²) in [5.41, 5.74) is 5.26. The highest BCUT2D eigenvalue weighted by atomic mass is 35.5. The van der Waals surface area contributed by atoms with Gasteiger partial charge in [-0.3, -0.25) is 9.20 Å². The largest absolute Gasteiger partial charge is 0.573 e. The predicted octanol–water partition coefficient (Wildman–Crippen LogP) is 6.01. The lowest BCUT2D eigenvalue weighted by molar-refractivity contribution is -0.274. The molecule has 0 fully saturated rings. The van der Waals surface area contributed by atoms with Crippen LogP contribution in [-0.4, -0.2) is 26.6 Å². The molecular weight excluding hydrogens is 497 g/mol. The van der Waals surface area contributed by atoms with E-state index in [1.807, 2.05) is 31.3 Å². The van der Waals surface area contributed by atoms with Gasteiger partial charge in [-0.1, -0.05) is 6.07 Å². The van der Waals surface area contributed by atoms with Gasteiger partial charge in [0.05, 0.1) is 5.69 Å². The number of carbonyl (C=O) groups excluding carboxylic acids is 1. The molecule has 0 unspecified atom stereocenters. The number of pyridine rings is 1. The molecule has 3 aromatic heterocycles. The number of alkyl halides is 3. The number of fused-ring (bicyclic) bond motifs is 2. The van der Waals surface area contributed by atoms with Crippen LogP contribution in [0.5, 0.6) is 5.75 Å². The first kappa shape index (κ1) is 25.1. The number of aromatic nitrogens is 3. The monoisotopic (exact) mass is 516 g/mol. The first-order chi connectivity index (χ1) is 16.7. The van der Waals surface area contributed by atoms with E-state index in [0.717, 1.165) is 11.1 Å². The van der Waals surface area contributed by atoms with Gasteiger partial charge < -0.3 is 14.5 Å². The topological polar surface area (TPSA) is 81.7 Å². The van der Waals surface area contributed by atoms with Crippen molar-refractivity contribution in [2.45, 2.75) is 26.8 Å². The van der Waals surface area contributed by atoms with Crippen LogP contribution < -0.4 is 10.1 Å². The third kappa shape index (κ3) is 5.13. The van der Waals surface area contributed by atoms with Crippen molar-refractivity contribution in [3.63, 3.8) is 0 Å². The average Bonchev–Trinajstić information content (AvgIpc) is 3.36. The van der Waals surface area contributed by atoms with Gasteiger partial charge in [-0.15, -0.1) is 25.6 Å². The van der Waals surface area contributed by atoms with E-state index in [2.05, 4.69) is 20.0 Å². The van der Waals surface area contributed by atoms with Gasteiger partial charge in [-0.25, -0.2) is 9.97 Å². The molecule has 0 radical (unpaired) electrons. The SMILES string of the molecule is Cc1ccn2c(C(=O)NCc3ccc4oc(-c5ccc(OC(F)(F)F)cc5)nc4c3)c(C)nc2c1.Cl.